The summed E-state index contributed by atoms with van der Waals surface area (Å²) >= 11 is 0. The van der Waals surface area contributed by atoms with E-state index >= 15 is 0 Å². The van der Waals surface area contributed by atoms with E-state index in [1.54, 1.807) is 0 Å². The second-order valence-corrected chi connectivity index (χ2v) is 6.66. The first-order valence-electron chi connectivity index (χ1n) is 5.37. The molecule has 0 heterocycles. The largest absolute Gasteiger partial charge is 0.302 e. The van der Waals surface area contributed by atoms with Crippen molar-refractivity contribution < 1.29 is 8.42 Å². The van der Waals surface area contributed by atoms with Gasteiger partial charge in [0.05, 0.1) is 5.75 Å². The lowest BCUT2D eigenvalue weighted by molar-refractivity contribution is 0.201. The smallest absolute Gasteiger partial charge is 0.148 e. The summed E-state index contributed by atoms with van der Waals surface area (Å²) in [5.74, 6) is 0.292. The van der Waals surface area contributed by atoms with E-state index in [9.17, 15) is 8.42 Å². The van der Waals surface area contributed by atoms with Gasteiger partial charge in [0.1, 0.15) is 9.84 Å². The van der Waals surface area contributed by atoms with Crippen LogP contribution in [0.1, 0.15) is 32.1 Å². The molecule has 4 heteroatoms. The maximum atomic E-state index is 11.0. The fraction of sp³-hybridized carbons (Fsp3) is 1.00. The van der Waals surface area contributed by atoms with Gasteiger partial charge in [-0.2, -0.15) is 0 Å². The molecule has 14 heavy (non-hydrogen) atoms. The van der Waals surface area contributed by atoms with Gasteiger partial charge in [-0.05, 0) is 19.9 Å². The van der Waals surface area contributed by atoms with Crippen LogP contribution in [0.15, 0.2) is 0 Å². The Morgan fingerprint density at radius 3 is 2.29 bits per heavy atom. The van der Waals surface area contributed by atoms with Gasteiger partial charge in [0.2, 0.25) is 0 Å². The van der Waals surface area contributed by atoms with E-state index in [-0.39, 0.29) is 0 Å². The van der Waals surface area contributed by atoms with Gasteiger partial charge < -0.3 is 4.90 Å². The fourth-order valence-electron chi connectivity index (χ4n) is 2.01. The highest BCUT2D eigenvalue weighted by Crippen LogP contribution is 2.21. The van der Waals surface area contributed by atoms with Gasteiger partial charge in [0.25, 0.3) is 0 Å². The molecule has 3 nitrogen and oxygen atoms in total. The van der Waals surface area contributed by atoms with Crippen LogP contribution in [0.5, 0.6) is 0 Å². The molecular weight excluding hydrogens is 198 g/mol. The number of hydrogen-bond donors (Lipinski definition) is 0. The van der Waals surface area contributed by atoms with E-state index in [1.165, 1.54) is 38.4 Å². The molecule has 0 unspecified atom stereocenters. The summed E-state index contributed by atoms with van der Waals surface area (Å²) in [4.78, 5) is 2.21. The Bertz CT molecular complexity index is 255. The van der Waals surface area contributed by atoms with Crippen LogP contribution in [0.4, 0.5) is 0 Å². The van der Waals surface area contributed by atoms with Crippen LogP contribution < -0.4 is 0 Å². The number of rotatable bonds is 4. The first kappa shape index (κ1) is 12.0. The highest BCUT2D eigenvalue weighted by Gasteiger charge is 2.18. The summed E-state index contributed by atoms with van der Waals surface area (Å²) in [6, 6.07) is 0.616. The zero-order chi connectivity index (χ0) is 10.6. The fourth-order valence-corrected chi connectivity index (χ4v) is 2.63. The van der Waals surface area contributed by atoms with Crippen LogP contribution in [0.3, 0.4) is 0 Å². The number of sulfone groups is 1. The van der Waals surface area contributed by atoms with Crippen molar-refractivity contribution in [1.29, 1.82) is 0 Å². The average Bonchev–Trinajstić information content (AvgIpc) is 2.14. The molecule has 1 fully saturated rings. The highest BCUT2D eigenvalue weighted by atomic mass is 32.2. The lowest BCUT2D eigenvalue weighted by Crippen LogP contribution is -2.36. The Labute approximate surface area is 87.4 Å². The summed E-state index contributed by atoms with van der Waals surface area (Å²) in [6.07, 6.45) is 7.72. The van der Waals surface area contributed by atoms with Gasteiger partial charge >= 0.3 is 0 Å². The van der Waals surface area contributed by atoms with Gasteiger partial charge in [-0.15, -0.1) is 0 Å². The van der Waals surface area contributed by atoms with E-state index in [2.05, 4.69) is 4.90 Å². The molecule has 0 radical (unpaired) electrons. The molecule has 0 amide bonds. The lowest BCUT2D eigenvalue weighted by Gasteiger charge is -2.30. The zero-order valence-electron chi connectivity index (χ0n) is 9.20. The molecule has 0 N–H and O–H groups in total. The van der Waals surface area contributed by atoms with Crippen molar-refractivity contribution in [3.05, 3.63) is 0 Å². The summed E-state index contributed by atoms with van der Waals surface area (Å²) in [5.41, 5.74) is 0. The van der Waals surface area contributed by atoms with Gasteiger partial charge in [-0.3, -0.25) is 0 Å². The minimum atomic E-state index is -2.80. The highest BCUT2D eigenvalue weighted by molar-refractivity contribution is 7.90. The van der Waals surface area contributed by atoms with E-state index in [4.69, 9.17) is 0 Å². The maximum Gasteiger partial charge on any atom is 0.148 e. The maximum absolute atomic E-state index is 11.0. The third-order valence-corrected chi connectivity index (χ3v) is 3.94. The Balaban J connectivity index is 2.30. The van der Waals surface area contributed by atoms with Gasteiger partial charge in [0, 0.05) is 18.8 Å². The Morgan fingerprint density at radius 1 is 1.21 bits per heavy atom. The van der Waals surface area contributed by atoms with Crippen LogP contribution >= 0.6 is 0 Å². The molecule has 84 valence electrons. The van der Waals surface area contributed by atoms with Crippen molar-refractivity contribution in [2.45, 2.75) is 38.1 Å². The van der Waals surface area contributed by atoms with Crippen LogP contribution in [0, 0.1) is 0 Å². The molecule has 1 saturated carbocycles. The molecule has 0 aliphatic heterocycles. The predicted octanol–water partition coefficient (Wildman–Crippen LogP) is 1.30. The standard InChI is InChI=1S/C10H21NO2S/c1-11(8-9-14(2,12)13)10-6-4-3-5-7-10/h10H,3-9H2,1-2H3. The van der Waals surface area contributed by atoms with E-state index in [0.717, 1.165) is 0 Å². The first-order valence-corrected chi connectivity index (χ1v) is 7.43. The SMILES string of the molecule is CN(CCS(C)(=O)=O)C1CCCCC1. The normalized spacial score (nSPS) is 20.2. The van der Waals surface area contributed by atoms with Gasteiger partial charge in [0.15, 0.2) is 0 Å². The minimum Gasteiger partial charge on any atom is -0.302 e. The third kappa shape index (κ3) is 4.42. The summed E-state index contributed by atoms with van der Waals surface area (Å²) < 4.78 is 22.0. The Kier molecular flexibility index (Phi) is 4.38. The minimum absolute atomic E-state index is 0.292. The Morgan fingerprint density at radius 2 is 1.79 bits per heavy atom. The van der Waals surface area contributed by atoms with E-state index < -0.39 is 9.84 Å². The number of nitrogens with zero attached hydrogens (tertiary/aromatic N) is 1. The van der Waals surface area contributed by atoms with Crippen LogP contribution in [0.25, 0.3) is 0 Å². The molecule has 0 atom stereocenters. The lowest BCUT2D eigenvalue weighted by atomic mass is 9.94. The van der Waals surface area contributed by atoms with E-state index in [1.807, 2.05) is 7.05 Å². The van der Waals surface area contributed by atoms with Crippen LogP contribution in [-0.4, -0.2) is 45.0 Å². The quantitative estimate of drug-likeness (QED) is 0.715. The second kappa shape index (κ2) is 5.12. The van der Waals surface area contributed by atoms with Crippen molar-refractivity contribution in [2.24, 2.45) is 0 Å². The van der Waals surface area contributed by atoms with Crippen molar-refractivity contribution in [1.82, 2.24) is 4.90 Å². The van der Waals surface area contributed by atoms with Crippen molar-refractivity contribution >= 4 is 9.84 Å². The Hall–Kier alpha value is -0.0900. The summed E-state index contributed by atoms with van der Waals surface area (Å²) in [5, 5.41) is 0. The van der Waals surface area contributed by atoms with Crippen LogP contribution in [-0.2, 0) is 9.84 Å². The van der Waals surface area contributed by atoms with Crippen LogP contribution in [0.2, 0.25) is 0 Å². The topological polar surface area (TPSA) is 37.4 Å². The molecule has 1 rings (SSSR count). The van der Waals surface area contributed by atoms with Gasteiger partial charge in [-0.1, -0.05) is 19.3 Å². The summed E-state index contributed by atoms with van der Waals surface area (Å²) in [6.45, 7) is 0.684. The molecule has 0 bridgehead atoms. The molecule has 0 aromatic carbocycles. The van der Waals surface area contributed by atoms with E-state index in [0.29, 0.717) is 18.3 Å². The third-order valence-electron chi connectivity index (χ3n) is 3.01. The summed E-state index contributed by atoms with van der Waals surface area (Å²) in [7, 11) is -0.757. The van der Waals surface area contributed by atoms with Gasteiger partial charge in [-0.25, -0.2) is 8.42 Å². The molecule has 0 saturated heterocycles. The zero-order valence-corrected chi connectivity index (χ0v) is 10.0. The number of hydrogen-bond acceptors (Lipinski definition) is 3. The molecule has 0 spiro atoms. The van der Waals surface area contributed by atoms with Crippen molar-refractivity contribution in [2.75, 3.05) is 25.6 Å². The molecule has 1 aliphatic rings. The molecule has 0 aromatic rings. The van der Waals surface area contributed by atoms with Crippen molar-refractivity contribution in [3.8, 4) is 0 Å². The molecule has 1 aliphatic carbocycles. The van der Waals surface area contributed by atoms with Crippen molar-refractivity contribution in [3.63, 3.8) is 0 Å². The molecule has 0 aromatic heterocycles. The monoisotopic (exact) mass is 219 g/mol. The first-order chi connectivity index (χ1) is 6.49. The molecular formula is C10H21NO2S. The average molecular weight is 219 g/mol. The predicted molar refractivity (Wildman–Crippen MR) is 59.2 cm³/mol. The second-order valence-electron chi connectivity index (χ2n) is 4.40.